The van der Waals surface area contributed by atoms with Gasteiger partial charge >= 0.3 is 0 Å². The number of carbonyl (C=O) groups excluding carboxylic acids is 2. The quantitative estimate of drug-likeness (QED) is 0.369. The van der Waals surface area contributed by atoms with Gasteiger partial charge in [0.1, 0.15) is 5.69 Å². The smallest absolute Gasteiger partial charge is 0.286 e. The number of nitrogens with one attached hydrogen (secondary N) is 3. The Balaban J connectivity index is 1.58. The van der Waals surface area contributed by atoms with Crippen LogP contribution in [0.5, 0.6) is 0 Å². The third-order valence-corrected chi connectivity index (χ3v) is 6.43. The molecule has 4 rings (SSSR count). The summed E-state index contributed by atoms with van der Waals surface area (Å²) in [5.41, 5.74) is 6.26. The molecule has 6 nitrogen and oxygen atoms in total. The Labute approximate surface area is 185 Å². The van der Waals surface area contributed by atoms with Crippen molar-refractivity contribution in [2.75, 3.05) is 0 Å². The predicted octanol–water partition coefficient (Wildman–Crippen LogP) is 4.35. The van der Waals surface area contributed by atoms with Crippen LogP contribution >= 0.6 is 27.3 Å². The average Bonchev–Trinajstić information content (AvgIpc) is 3.37. The van der Waals surface area contributed by atoms with E-state index in [1.165, 1.54) is 0 Å². The fourth-order valence-corrected chi connectivity index (χ4v) is 4.70. The molecular formula is C22H19BrN4O2S. The minimum Gasteiger partial charge on any atom is -0.356 e. The van der Waals surface area contributed by atoms with Crippen LogP contribution < -0.4 is 10.9 Å². The van der Waals surface area contributed by atoms with Crippen LogP contribution in [0, 0.1) is 0 Å². The minimum atomic E-state index is -0.918. The summed E-state index contributed by atoms with van der Waals surface area (Å²) in [6.45, 7) is 1.86. The molecule has 0 aliphatic carbocycles. The van der Waals surface area contributed by atoms with Crippen molar-refractivity contribution in [1.29, 1.82) is 0 Å². The zero-order valence-electron chi connectivity index (χ0n) is 16.1. The second-order valence-electron chi connectivity index (χ2n) is 7.09. The summed E-state index contributed by atoms with van der Waals surface area (Å²) >= 11 is 4.86. The lowest BCUT2D eigenvalue weighted by atomic mass is 9.79. The van der Waals surface area contributed by atoms with E-state index >= 15 is 0 Å². The number of fused-ring (bicyclic) bond motifs is 1. The number of hydrogen-bond donors (Lipinski definition) is 3. The van der Waals surface area contributed by atoms with Gasteiger partial charge in [0.15, 0.2) is 0 Å². The van der Waals surface area contributed by atoms with Crippen molar-refractivity contribution < 1.29 is 9.59 Å². The molecule has 0 fully saturated rings. The van der Waals surface area contributed by atoms with E-state index in [-0.39, 0.29) is 5.91 Å². The normalized spacial score (nSPS) is 13.0. The molecule has 2 amide bonds. The molecule has 2 aromatic heterocycles. The number of nitrogens with zero attached hydrogens (tertiary/aromatic N) is 1. The number of H-pyrrole nitrogens is 1. The molecule has 1 unspecified atom stereocenters. The van der Waals surface area contributed by atoms with Gasteiger partial charge in [0.2, 0.25) is 5.91 Å². The van der Waals surface area contributed by atoms with Crippen molar-refractivity contribution in [1.82, 2.24) is 20.8 Å². The molecule has 4 aromatic rings. The molecule has 0 saturated carbocycles. The van der Waals surface area contributed by atoms with E-state index < -0.39 is 11.3 Å². The van der Waals surface area contributed by atoms with E-state index in [0.717, 1.165) is 25.3 Å². The molecular weight excluding hydrogens is 464 g/mol. The SMILES string of the molecule is CC(Cc1nc2ccccc2s1)(C(=O)NNC(=O)c1cc(Br)c[nH]1)c1ccccc1. The maximum absolute atomic E-state index is 13.3. The Bertz CT molecular complexity index is 1170. The van der Waals surface area contributed by atoms with Crippen LogP contribution in [0.1, 0.15) is 28.0 Å². The summed E-state index contributed by atoms with van der Waals surface area (Å²) in [6, 6.07) is 19.1. The largest absolute Gasteiger partial charge is 0.356 e. The van der Waals surface area contributed by atoms with Crippen LogP contribution in [0.15, 0.2) is 71.3 Å². The number of amides is 2. The second kappa shape index (κ2) is 8.41. The van der Waals surface area contributed by atoms with Crippen molar-refractivity contribution in [3.63, 3.8) is 0 Å². The summed E-state index contributed by atoms with van der Waals surface area (Å²) in [5.74, 6) is -0.739. The van der Waals surface area contributed by atoms with E-state index in [0.29, 0.717) is 12.1 Å². The zero-order chi connectivity index (χ0) is 21.1. The molecule has 152 valence electrons. The molecule has 30 heavy (non-hydrogen) atoms. The number of hydrazine groups is 1. The number of thiazole rings is 1. The van der Waals surface area contributed by atoms with Gasteiger partial charge in [-0.15, -0.1) is 11.3 Å². The first-order valence-corrected chi connectivity index (χ1v) is 10.9. The Kier molecular flexibility index (Phi) is 5.69. The zero-order valence-corrected chi connectivity index (χ0v) is 18.5. The molecule has 0 aliphatic heterocycles. The highest BCUT2D eigenvalue weighted by Gasteiger charge is 2.37. The van der Waals surface area contributed by atoms with Gasteiger partial charge in [-0.25, -0.2) is 4.98 Å². The number of para-hydroxylation sites is 1. The van der Waals surface area contributed by atoms with Gasteiger partial charge in [-0.1, -0.05) is 42.5 Å². The molecule has 2 aromatic carbocycles. The number of benzene rings is 2. The van der Waals surface area contributed by atoms with Crippen molar-refractivity contribution in [2.24, 2.45) is 0 Å². The van der Waals surface area contributed by atoms with Crippen LogP contribution in [0.4, 0.5) is 0 Å². The molecule has 0 aliphatic rings. The van der Waals surface area contributed by atoms with Crippen LogP contribution in [0.3, 0.4) is 0 Å². The van der Waals surface area contributed by atoms with Gasteiger partial charge in [0, 0.05) is 17.1 Å². The van der Waals surface area contributed by atoms with Crippen molar-refractivity contribution in [2.45, 2.75) is 18.8 Å². The first kappa shape index (κ1) is 20.3. The molecule has 1 atom stereocenters. The first-order chi connectivity index (χ1) is 14.5. The van der Waals surface area contributed by atoms with Crippen molar-refractivity contribution >= 4 is 49.3 Å². The first-order valence-electron chi connectivity index (χ1n) is 9.30. The number of aromatic amines is 1. The summed E-state index contributed by atoms with van der Waals surface area (Å²) in [6.07, 6.45) is 2.06. The lowest BCUT2D eigenvalue weighted by Crippen LogP contribution is -2.51. The number of halogens is 1. The van der Waals surface area contributed by atoms with Gasteiger partial charge in [0.25, 0.3) is 5.91 Å². The lowest BCUT2D eigenvalue weighted by Gasteiger charge is -2.28. The Hall–Kier alpha value is -2.97. The molecule has 0 radical (unpaired) electrons. The molecule has 3 N–H and O–H groups in total. The fraction of sp³-hybridized carbons (Fsp3) is 0.136. The fourth-order valence-electron chi connectivity index (χ4n) is 3.24. The van der Waals surface area contributed by atoms with E-state index in [1.807, 2.05) is 61.5 Å². The Morgan fingerprint density at radius 2 is 1.83 bits per heavy atom. The van der Waals surface area contributed by atoms with Crippen LogP contribution in [0.2, 0.25) is 0 Å². The summed E-state index contributed by atoms with van der Waals surface area (Å²) in [7, 11) is 0. The van der Waals surface area contributed by atoms with E-state index in [1.54, 1.807) is 23.6 Å². The number of aromatic nitrogens is 2. The van der Waals surface area contributed by atoms with Gasteiger partial charge < -0.3 is 4.98 Å². The Morgan fingerprint density at radius 3 is 2.53 bits per heavy atom. The van der Waals surface area contributed by atoms with Gasteiger partial charge in [-0.2, -0.15) is 0 Å². The highest BCUT2D eigenvalue weighted by atomic mass is 79.9. The van der Waals surface area contributed by atoms with Crippen LogP contribution in [-0.4, -0.2) is 21.8 Å². The maximum atomic E-state index is 13.3. The number of rotatable bonds is 5. The number of carbonyl (C=O) groups is 2. The number of hydrogen-bond acceptors (Lipinski definition) is 4. The van der Waals surface area contributed by atoms with E-state index in [4.69, 9.17) is 4.98 Å². The standard InChI is InChI=1S/C22H19BrN4O2S/c1-22(14-7-3-2-4-8-14,12-19-25-16-9-5-6-10-18(16)30-19)21(29)27-26-20(28)17-11-15(23)13-24-17/h2-11,13,24H,12H2,1H3,(H,26,28)(H,27,29). The maximum Gasteiger partial charge on any atom is 0.286 e. The molecule has 0 bridgehead atoms. The third kappa shape index (κ3) is 4.15. The van der Waals surface area contributed by atoms with Crippen molar-refractivity contribution in [3.05, 3.63) is 87.6 Å². The van der Waals surface area contributed by atoms with Gasteiger partial charge in [0.05, 0.1) is 20.6 Å². The van der Waals surface area contributed by atoms with Gasteiger partial charge in [-0.05, 0) is 46.6 Å². The van der Waals surface area contributed by atoms with Crippen LogP contribution in [-0.2, 0) is 16.6 Å². The van der Waals surface area contributed by atoms with Crippen LogP contribution in [0.25, 0.3) is 10.2 Å². The summed E-state index contributed by atoms with van der Waals surface area (Å²) in [4.78, 5) is 33.1. The molecule has 0 spiro atoms. The third-order valence-electron chi connectivity index (χ3n) is 4.94. The predicted molar refractivity (Wildman–Crippen MR) is 121 cm³/mol. The van der Waals surface area contributed by atoms with E-state index in [2.05, 4.69) is 31.8 Å². The Morgan fingerprint density at radius 1 is 1.10 bits per heavy atom. The molecule has 8 heteroatoms. The van der Waals surface area contributed by atoms with Gasteiger partial charge in [-0.3, -0.25) is 20.4 Å². The summed E-state index contributed by atoms with van der Waals surface area (Å²) < 4.78 is 1.83. The monoisotopic (exact) mass is 482 g/mol. The second-order valence-corrected chi connectivity index (χ2v) is 9.12. The summed E-state index contributed by atoms with van der Waals surface area (Å²) in [5, 5.41) is 0.859. The average molecular weight is 483 g/mol. The molecule has 2 heterocycles. The highest BCUT2D eigenvalue weighted by molar-refractivity contribution is 9.10. The molecule has 0 saturated heterocycles. The minimum absolute atomic E-state index is 0.313. The van der Waals surface area contributed by atoms with Crippen molar-refractivity contribution in [3.8, 4) is 0 Å². The lowest BCUT2D eigenvalue weighted by molar-refractivity contribution is -0.127. The van der Waals surface area contributed by atoms with E-state index in [9.17, 15) is 9.59 Å². The highest BCUT2D eigenvalue weighted by Crippen LogP contribution is 2.32. The topological polar surface area (TPSA) is 86.9 Å².